The van der Waals surface area contributed by atoms with Crippen LogP contribution in [0.3, 0.4) is 0 Å². The summed E-state index contributed by atoms with van der Waals surface area (Å²) in [6.07, 6.45) is 1.99. The van der Waals surface area contributed by atoms with E-state index in [1.807, 2.05) is 30.3 Å². The van der Waals surface area contributed by atoms with Gasteiger partial charge in [-0.15, -0.1) is 0 Å². The first-order chi connectivity index (χ1) is 14.0. The van der Waals surface area contributed by atoms with Gasteiger partial charge in [-0.2, -0.15) is 14.6 Å². The number of hydrogen-bond acceptors (Lipinski definition) is 7. The van der Waals surface area contributed by atoms with Gasteiger partial charge in [0.2, 0.25) is 4.96 Å². The Labute approximate surface area is 168 Å². The Bertz CT molecular complexity index is 1360. The van der Waals surface area contributed by atoms with Crippen LogP contribution < -0.4 is 20.4 Å². The van der Waals surface area contributed by atoms with Gasteiger partial charge in [0.15, 0.2) is 0 Å². The molecule has 0 aliphatic heterocycles. The van der Waals surface area contributed by atoms with Crippen LogP contribution in [0.25, 0.3) is 11.0 Å². The molecule has 0 aliphatic carbocycles. The monoisotopic (exact) mass is 405 g/mol. The molecule has 2 aromatic heterocycles. The molecule has 0 unspecified atom stereocenters. The van der Waals surface area contributed by atoms with Crippen LogP contribution in [0.4, 0.5) is 0 Å². The molecule has 0 aliphatic rings. The van der Waals surface area contributed by atoms with Crippen LogP contribution in [0, 0.1) is 0 Å². The van der Waals surface area contributed by atoms with E-state index in [4.69, 9.17) is 4.74 Å². The summed E-state index contributed by atoms with van der Waals surface area (Å²) >= 11 is 1.10. The summed E-state index contributed by atoms with van der Waals surface area (Å²) in [5, 5.41) is 4.24. The maximum atomic E-state index is 12.7. The quantitative estimate of drug-likeness (QED) is 0.378. The first kappa shape index (κ1) is 18.7. The molecule has 0 spiro atoms. The summed E-state index contributed by atoms with van der Waals surface area (Å²) in [6.45, 7) is 1.33. The van der Waals surface area contributed by atoms with Crippen molar-refractivity contribution in [3.8, 4) is 5.75 Å². The maximum Gasteiger partial charge on any atom is 0.308 e. The number of ether oxygens (including phenoxy) is 1. The number of fused-ring (bicyclic) bond motifs is 1. The minimum atomic E-state index is -0.438. The summed E-state index contributed by atoms with van der Waals surface area (Å²) in [6, 6.07) is 16.2. The van der Waals surface area contributed by atoms with Gasteiger partial charge < -0.3 is 4.74 Å². The molecule has 0 bridgehead atoms. The van der Waals surface area contributed by atoms with E-state index in [0.29, 0.717) is 16.7 Å². The maximum absolute atomic E-state index is 12.7. The molecule has 0 amide bonds. The van der Waals surface area contributed by atoms with Crippen molar-refractivity contribution < 1.29 is 9.53 Å². The lowest BCUT2D eigenvalue weighted by Gasteiger charge is -2.00. The molecule has 144 valence electrons. The molecule has 4 aromatic rings. The van der Waals surface area contributed by atoms with Crippen LogP contribution in [0.2, 0.25) is 0 Å². The fourth-order valence-electron chi connectivity index (χ4n) is 2.79. The van der Waals surface area contributed by atoms with Crippen molar-refractivity contribution in [1.82, 2.24) is 14.6 Å². The summed E-state index contributed by atoms with van der Waals surface area (Å²) in [4.78, 5) is 40.3. The molecule has 0 saturated carbocycles. The lowest BCUT2D eigenvalue weighted by molar-refractivity contribution is -0.131. The standard InChI is InChI=1S/C21H15N3O4S/c1-13(25)28-16-9-7-15(8-10-16)12-18-20(27)24-21(29-18)22-19(26)17(23-24)11-14-5-3-2-4-6-14/h2-10,12H,11H2,1H3. The van der Waals surface area contributed by atoms with Crippen molar-refractivity contribution in [2.24, 2.45) is 0 Å². The summed E-state index contributed by atoms with van der Waals surface area (Å²) in [5.74, 6) is 0.0222. The number of thiazole rings is 1. The zero-order valence-electron chi connectivity index (χ0n) is 15.4. The predicted molar refractivity (Wildman–Crippen MR) is 109 cm³/mol. The van der Waals surface area contributed by atoms with E-state index in [0.717, 1.165) is 22.5 Å². The largest absolute Gasteiger partial charge is 0.427 e. The zero-order chi connectivity index (χ0) is 20.4. The smallest absolute Gasteiger partial charge is 0.308 e. The number of esters is 1. The van der Waals surface area contributed by atoms with Crippen molar-refractivity contribution >= 4 is 28.3 Å². The van der Waals surface area contributed by atoms with Crippen LogP contribution in [-0.2, 0) is 11.2 Å². The molecule has 29 heavy (non-hydrogen) atoms. The third-order valence-electron chi connectivity index (χ3n) is 4.10. The second-order valence-corrected chi connectivity index (χ2v) is 7.31. The van der Waals surface area contributed by atoms with Crippen molar-refractivity contribution in [2.75, 3.05) is 0 Å². The summed E-state index contributed by atoms with van der Waals surface area (Å²) < 4.78 is 6.57. The molecule has 0 fully saturated rings. The number of aromatic nitrogens is 3. The highest BCUT2D eigenvalue weighted by molar-refractivity contribution is 7.15. The Morgan fingerprint density at radius 2 is 1.83 bits per heavy atom. The van der Waals surface area contributed by atoms with E-state index in [9.17, 15) is 14.4 Å². The minimum absolute atomic E-state index is 0.223. The first-order valence-electron chi connectivity index (χ1n) is 8.76. The number of hydrogen-bond donors (Lipinski definition) is 0. The van der Waals surface area contributed by atoms with Crippen LogP contribution >= 0.6 is 11.3 Å². The third kappa shape index (κ3) is 4.12. The van der Waals surface area contributed by atoms with Crippen molar-refractivity contribution in [2.45, 2.75) is 13.3 Å². The highest BCUT2D eigenvalue weighted by atomic mass is 32.1. The topological polar surface area (TPSA) is 90.6 Å². The van der Waals surface area contributed by atoms with E-state index < -0.39 is 11.5 Å². The van der Waals surface area contributed by atoms with Gasteiger partial charge >= 0.3 is 5.97 Å². The molecule has 7 nitrogen and oxygen atoms in total. The van der Waals surface area contributed by atoms with Crippen molar-refractivity contribution in [3.63, 3.8) is 0 Å². The van der Waals surface area contributed by atoms with Crippen LogP contribution in [-0.4, -0.2) is 20.6 Å². The van der Waals surface area contributed by atoms with Gasteiger partial charge in [-0.1, -0.05) is 53.8 Å². The van der Waals surface area contributed by atoms with E-state index in [1.54, 1.807) is 30.3 Å². The van der Waals surface area contributed by atoms with Gasteiger partial charge in [-0.3, -0.25) is 14.4 Å². The molecule has 0 atom stereocenters. The average molecular weight is 405 g/mol. The molecule has 0 saturated heterocycles. The SMILES string of the molecule is CC(=O)Oc1ccc(C=c2sc3nc(=O)c(Cc4ccccc4)nn3c2=O)cc1. The molecular formula is C21H15N3O4S. The van der Waals surface area contributed by atoms with E-state index >= 15 is 0 Å². The second kappa shape index (κ2) is 7.76. The normalized spacial score (nSPS) is 11.7. The van der Waals surface area contributed by atoms with E-state index in [1.165, 1.54) is 11.4 Å². The predicted octanol–water partition coefficient (Wildman–Crippen LogP) is 1.58. The number of benzene rings is 2. The first-order valence-corrected chi connectivity index (χ1v) is 9.58. The molecule has 2 aromatic carbocycles. The Balaban J connectivity index is 1.72. The van der Waals surface area contributed by atoms with Crippen molar-refractivity contribution in [1.29, 1.82) is 0 Å². The summed E-state index contributed by atoms with van der Waals surface area (Å²) in [7, 11) is 0. The zero-order valence-corrected chi connectivity index (χ0v) is 16.2. The molecular weight excluding hydrogens is 390 g/mol. The van der Waals surface area contributed by atoms with Crippen LogP contribution in [0.15, 0.2) is 64.2 Å². The fraction of sp³-hybridized carbons (Fsp3) is 0.0952. The Morgan fingerprint density at radius 3 is 2.52 bits per heavy atom. The highest BCUT2D eigenvalue weighted by Crippen LogP contribution is 2.13. The third-order valence-corrected chi connectivity index (χ3v) is 5.06. The molecule has 2 heterocycles. The van der Waals surface area contributed by atoms with Gasteiger partial charge in [0.25, 0.3) is 11.1 Å². The molecule has 0 N–H and O–H groups in total. The van der Waals surface area contributed by atoms with Crippen molar-refractivity contribution in [3.05, 3.63) is 96.7 Å². The molecule has 0 radical (unpaired) electrons. The Morgan fingerprint density at radius 1 is 1.10 bits per heavy atom. The van der Waals surface area contributed by atoms with Gasteiger partial charge in [-0.05, 0) is 29.3 Å². The number of carbonyl (C=O) groups excluding carboxylic acids is 1. The minimum Gasteiger partial charge on any atom is -0.427 e. The second-order valence-electron chi connectivity index (χ2n) is 6.30. The number of nitrogens with zero attached hydrogens (tertiary/aromatic N) is 3. The number of carbonyl (C=O) groups is 1. The Hall–Kier alpha value is -3.65. The molecule has 4 rings (SSSR count). The lowest BCUT2D eigenvalue weighted by atomic mass is 10.1. The molecule has 8 heteroatoms. The Kier molecular flexibility index (Phi) is 5.01. The van der Waals surface area contributed by atoms with Gasteiger partial charge in [-0.25, -0.2) is 0 Å². The highest BCUT2D eigenvalue weighted by Gasteiger charge is 2.11. The number of rotatable bonds is 4. The summed E-state index contributed by atoms with van der Waals surface area (Å²) in [5.41, 5.74) is 1.11. The van der Waals surface area contributed by atoms with Gasteiger partial charge in [0.05, 0.1) is 4.53 Å². The van der Waals surface area contributed by atoms with E-state index in [-0.39, 0.29) is 16.2 Å². The van der Waals surface area contributed by atoms with Crippen LogP contribution in [0.1, 0.15) is 23.7 Å². The average Bonchev–Trinajstić information content (AvgIpc) is 2.99. The lowest BCUT2D eigenvalue weighted by Crippen LogP contribution is -2.28. The van der Waals surface area contributed by atoms with Crippen LogP contribution in [0.5, 0.6) is 5.75 Å². The fourth-order valence-corrected chi connectivity index (χ4v) is 3.69. The van der Waals surface area contributed by atoms with E-state index in [2.05, 4.69) is 10.1 Å². The van der Waals surface area contributed by atoms with Gasteiger partial charge in [0, 0.05) is 13.3 Å². The van der Waals surface area contributed by atoms with Gasteiger partial charge in [0.1, 0.15) is 11.4 Å².